The molecule has 0 bridgehead atoms. The van der Waals surface area contributed by atoms with Gasteiger partial charge < -0.3 is 9.64 Å². The molecule has 1 saturated heterocycles. The van der Waals surface area contributed by atoms with Crippen LogP contribution in [0.3, 0.4) is 0 Å². The molecule has 0 aliphatic carbocycles. The Hall–Kier alpha value is -1.03. The Morgan fingerprint density at radius 2 is 2.00 bits per heavy atom. The highest BCUT2D eigenvalue weighted by Gasteiger charge is 2.31. The van der Waals surface area contributed by atoms with Crippen molar-refractivity contribution >= 4 is 21.8 Å². The molecule has 98 valence electrons. The number of halogens is 1. The van der Waals surface area contributed by atoms with E-state index in [1.807, 2.05) is 43.0 Å². The smallest absolute Gasteiger partial charge is 0.225 e. The van der Waals surface area contributed by atoms with Crippen molar-refractivity contribution in [2.24, 2.45) is 11.8 Å². The quantitative estimate of drug-likeness (QED) is 0.855. The predicted octanol–water partition coefficient (Wildman–Crippen LogP) is 2.94. The number of carbonyl (C=O) groups excluding carboxylic acids is 1. The van der Waals surface area contributed by atoms with Gasteiger partial charge in [-0.3, -0.25) is 4.79 Å². The number of carbonyl (C=O) groups is 1. The molecule has 0 spiro atoms. The van der Waals surface area contributed by atoms with E-state index < -0.39 is 0 Å². The number of nitrogens with zero attached hydrogens (tertiary/aromatic N) is 1. The van der Waals surface area contributed by atoms with E-state index in [4.69, 9.17) is 4.74 Å². The van der Waals surface area contributed by atoms with Crippen molar-refractivity contribution in [3.63, 3.8) is 0 Å². The molecule has 2 rings (SSSR count). The van der Waals surface area contributed by atoms with Gasteiger partial charge in [0.1, 0.15) is 5.75 Å². The Labute approximate surface area is 116 Å². The molecule has 1 aliphatic heterocycles. The molecule has 1 amide bonds. The fourth-order valence-corrected chi connectivity index (χ4v) is 2.23. The average Bonchev–Trinajstić information content (AvgIpc) is 2.29. The molecule has 1 heterocycles. The lowest BCUT2D eigenvalue weighted by molar-refractivity contribution is -0.141. The lowest BCUT2D eigenvalue weighted by Gasteiger charge is -2.40. The third-order valence-electron chi connectivity index (χ3n) is 3.06. The summed E-state index contributed by atoms with van der Waals surface area (Å²) in [6, 6.07) is 7.81. The highest BCUT2D eigenvalue weighted by molar-refractivity contribution is 9.10. The van der Waals surface area contributed by atoms with Gasteiger partial charge in [-0.05, 0) is 24.3 Å². The first-order valence-electron chi connectivity index (χ1n) is 6.23. The SMILES string of the molecule is CC(C)C(=O)N1CC(COc2ccc(Br)cc2)C1. The minimum atomic E-state index is 0.0957. The molecule has 1 aromatic rings. The zero-order chi connectivity index (χ0) is 13.1. The lowest BCUT2D eigenvalue weighted by Crippen LogP contribution is -2.53. The summed E-state index contributed by atoms with van der Waals surface area (Å²) in [7, 11) is 0. The van der Waals surface area contributed by atoms with Crippen LogP contribution < -0.4 is 4.74 Å². The largest absolute Gasteiger partial charge is 0.493 e. The minimum absolute atomic E-state index is 0.0957. The number of rotatable bonds is 4. The van der Waals surface area contributed by atoms with Crippen LogP contribution in [0.4, 0.5) is 0 Å². The zero-order valence-electron chi connectivity index (χ0n) is 10.7. The Morgan fingerprint density at radius 3 is 2.56 bits per heavy atom. The van der Waals surface area contributed by atoms with E-state index in [9.17, 15) is 4.79 Å². The van der Waals surface area contributed by atoms with Crippen LogP contribution in [0.2, 0.25) is 0 Å². The van der Waals surface area contributed by atoms with Gasteiger partial charge in [0.25, 0.3) is 0 Å². The molecule has 1 aliphatic rings. The fraction of sp³-hybridized carbons (Fsp3) is 0.500. The van der Waals surface area contributed by atoms with Crippen LogP contribution in [-0.2, 0) is 4.79 Å². The van der Waals surface area contributed by atoms with Gasteiger partial charge in [-0.2, -0.15) is 0 Å². The normalized spacial score (nSPS) is 15.7. The summed E-state index contributed by atoms with van der Waals surface area (Å²) in [5.74, 6) is 1.69. The van der Waals surface area contributed by atoms with Gasteiger partial charge in [0.05, 0.1) is 6.61 Å². The van der Waals surface area contributed by atoms with E-state index in [1.165, 1.54) is 0 Å². The number of hydrogen-bond acceptors (Lipinski definition) is 2. The Kier molecular flexibility index (Phi) is 4.27. The topological polar surface area (TPSA) is 29.5 Å². The van der Waals surface area contributed by atoms with Crippen LogP contribution in [0.5, 0.6) is 5.75 Å². The van der Waals surface area contributed by atoms with Crippen molar-refractivity contribution in [3.05, 3.63) is 28.7 Å². The predicted molar refractivity (Wildman–Crippen MR) is 74.5 cm³/mol. The highest BCUT2D eigenvalue weighted by Crippen LogP contribution is 2.21. The van der Waals surface area contributed by atoms with E-state index in [1.54, 1.807) is 0 Å². The van der Waals surface area contributed by atoms with Gasteiger partial charge in [-0.1, -0.05) is 29.8 Å². The molecule has 0 atom stereocenters. The molecular formula is C14H18BrNO2. The molecule has 4 heteroatoms. The van der Waals surface area contributed by atoms with E-state index in [-0.39, 0.29) is 11.8 Å². The third-order valence-corrected chi connectivity index (χ3v) is 3.59. The second kappa shape index (κ2) is 5.74. The summed E-state index contributed by atoms with van der Waals surface area (Å²) in [4.78, 5) is 13.6. The van der Waals surface area contributed by atoms with Crippen molar-refractivity contribution in [1.29, 1.82) is 0 Å². The first-order valence-corrected chi connectivity index (χ1v) is 7.02. The standard InChI is InChI=1S/C14H18BrNO2/c1-10(2)14(17)16-7-11(8-16)9-18-13-5-3-12(15)4-6-13/h3-6,10-11H,7-9H2,1-2H3. The highest BCUT2D eigenvalue weighted by atomic mass is 79.9. The van der Waals surface area contributed by atoms with E-state index in [0.29, 0.717) is 12.5 Å². The maximum absolute atomic E-state index is 11.7. The van der Waals surface area contributed by atoms with Crippen LogP contribution in [-0.4, -0.2) is 30.5 Å². The maximum Gasteiger partial charge on any atom is 0.225 e. The molecule has 18 heavy (non-hydrogen) atoms. The Bertz CT molecular complexity index is 410. The summed E-state index contributed by atoms with van der Waals surface area (Å²) in [5, 5.41) is 0. The first-order chi connectivity index (χ1) is 8.56. The molecule has 0 saturated carbocycles. The molecule has 0 aromatic heterocycles. The van der Waals surface area contributed by atoms with Gasteiger partial charge in [-0.25, -0.2) is 0 Å². The van der Waals surface area contributed by atoms with Gasteiger partial charge in [0, 0.05) is 29.4 Å². The van der Waals surface area contributed by atoms with Crippen LogP contribution in [0.25, 0.3) is 0 Å². The summed E-state index contributed by atoms with van der Waals surface area (Å²) in [6.45, 7) is 6.21. The average molecular weight is 312 g/mol. The summed E-state index contributed by atoms with van der Waals surface area (Å²) < 4.78 is 6.74. The molecule has 0 radical (unpaired) electrons. The van der Waals surface area contributed by atoms with E-state index in [0.717, 1.165) is 23.3 Å². The van der Waals surface area contributed by atoms with E-state index in [2.05, 4.69) is 15.9 Å². The minimum Gasteiger partial charge on any atom is -0.493 e. The first kappa shape index (κ1) is 13.4. The Morgan fingerprint density at radius 1 is 1.39 bits per heavy atom. The summed E-state index contributed by atoms with van der Waals surface area (Å²) in [6.07, 6.45) is 0. The number of amides is 1. The van der Waals surface area contributed by atoms with Gasteiger partial charge in [0.15, 0.2) is 0 Å². The molecule has 0 unspecified atom stereocenters. The van der Waals surface area contributed by atoms with Crippen molar-refractivity contribution < 1.29 is 9.53 Å². The second-order valence-electron chi connectivity index (χ2n) is 5.03. The molecule has 0 N–H and O–H groups in total. The van der Waals surface area contributed by atoms with Crippen molar-refractivity contribution in [2.75, 3.05) is 19.7 Å². The monoisotopic (exact) mass is 311 g/mol. The lowest BCUT2D eigenvalue weighted by atomic mass is 9.99. The third kappa shape index (κ3) is 3.25. The van der Waals surface area contributed by atoms with Crippen molar-refractivity contribution in [2.45, 2.75) is 13.8 Å². The van der Waals surface area contributed by atoms with Crippen LogP contribution in [0.1, 0.15) is 13.8 Å². The number of hydrogen-bond donors (Lipinski definition) is 0. The number of benzene rings is 1. The zero-order valence-corrected chi connectivity index (χ0v) is 12.3. The van der Waals surface area contributed by atoms with E-state index >= 15 is 0 Å². The molecule has 3 nitrogen and oxygen atoms in total. The fourth-order valence-electron chi connectivity index (χ4n) is 1.97. The Balaban J connectivity index is 1.71. The molecular weight excluding hydrogens is 294 g/mol. The summed E-state index contributed by atoms with van der Waals surface area (Å²) in [5.41, 5.74) is 0. The molecule has 1 fully saturated rings. The van der Waals surface area contributed by atoms with Crippen molar-refractivity contribution in [1.82, 2.24) is 4.90 Å². The van der Waals surface area contributed by atoms with Crippen LogP contribution in [0.15, 0.2) is 28.7 Å². The number of likely N-dealkylation sites (tertiary alicyclic amines) is 1. The number of ether oxygens (including phenoxy) is 1. The van der Waals surface area contributed by atoms with Crippen LogP contribution >= 0.6 is 15.9 Å². The van der Waals surface area contributed by atoms with Crippen LogP contribution in [0, 0.1) is 11.8 Å². The maximum atomic E-state index is 11.7. The second-order valence-corrected chi connectivity index (χ2v) is 5.94. The van der Waals surface area contributed by atoms with Gasteiger partial charge >= 0.3 is 0 Å². The van der Waals surface area contributed by atoms with Gasteiger partial charge in [-0.15, -0.1) is 0 Å². The molecule has 1 aromatic carbocycles. The van der Waals surface area contributed by atoms with Gasteiger partial charge in [0.2, 0.25) is 5.91 Å². The summed E-state index contributed by atoms with van der Waals surface area (Å²) >= 11 is 3.39. The van der Waals surface area contributed by atoms with Crippen molar-refractivity contribution in [3.8, 4) is 5.75 Å².